The first-order chi connectivity index (χ1) is 8.93. The molecule has 90 valence electrons. The predicted octanol–water partition coefficient (Wildman–Crippen LogP) is 3.67. The number of fused-ring (bicyclic) bond motifs is 1. The van der Waals surface area contributed by atoms with Gasteiger partial charge in [-0.1, -0.05) is 42.5 Å². The Morgan fingerprint density at radius 3 is 2.78 bits per heavy atom. The Labute approximate surface area is 107 Å². The van der Waals surface area contributed by atoms with Crippen molar-refractivity contribution in [2.75, 3.05) is 0 Å². The van der Waals surface area contributed by atoms with Crippen LogP contribution in [0, 0.1) is 0 Å². The molecule has 2 aromatic carbocycles. The summed E-state index contributed by atoms with van der Waals surface area (Å²) in [4.78, 5) is 4.06. The highest BCUT2D eigenvalue weighted by Crippen LogP contribution is 2.19. The Hall–Kier alpha value is -2.09. The Kier molecular flexibility index (Phi) is 3.09. The first kappa shape index (κ1) is 11.0. The average molecular weight is 236 g/mol. The van der Waals surface area contributed by atoms with E-state index < -0.39 is 0 Å². The minimum atomic E-state index is 1.03. The van der Waals surface area contributed by atoms with Crippen LogP contribution in [0.4, 0.5) is 0 Å². The monoisotopic (exact) mass is 236 g/mol. The van der Waals surface area contributed by atoms with Crippen molar-refractivity contribution in [1.29, 1.82) is 0 Å². The van der Waals surface area contributed by atoms with Gasteiger partial charge in [0.2, 0.25) is 0 Å². The Bertz CT molecular complexity index is 621. The van der Waals surface area contributed by atoms with Gasteiger partial charge in [0.15, 0.2) is 0 Å². The van der Waals surface area contributed by atoms with Crippen LogP contribution >= 0.6 is 0 Å². The van der Waals surface area contributed by atoms with E-state index in [2.05, 4.69) is 52.0 Å². The third-order valence-electron chi connectivity index (χ3n) is 3.30. The predicted molar refractivity (Wildman–Crippen MR) is 74.5 cm³/mol. The van der Waals surface area contributed by atoms with Crippen LogP contribution in [0.2, 0.25) is 0 Å². The minimum absolute atomic E-state index is 1.03. The SMILES string of the molecule is c1ccc2c(CCCn3ccnc3)cccc2c1. The molecule has 2 nitrogen and oxygen atoms in total. The molecule has 0 aliphatic heterocycles. The van der Waals surface area contributed by atoms with Gasteiger partial charge in [0.05, 0.1) is 6.33 Å². The molecule has 0 saturated carbocycles. The average Bonchev–Trinajstić information content (AvgIpc) is 2.92. The van der Waals surface area contributed by atoms with Gasteiger partial charge in [-0.2, -0.15) is 0 Å². The summed E-state index contributed by atoms with van der Waals surface area (Å²) in [5.41, 5.74) is 1.44. The standard InChI is InChI=1S/C16H16N2/c1-2-9-16-14(5-1)6-3-7-15(16)8-4-11-18-12-10-17-13-18/h1-3,5-7,9-10,12-13H,4,8,11H2. The second-order valence-electron chi connectivity index (χ2n) is 4.54. The number of nitrogens with zero attached hydrogens (tertiary/aromatic N) is 2. The van der Waals surface area contributed by atoms with Crippen molar-refractivity contribution in [1.82, 2.24) is 9.55 Å². The second kappa shape index (κ2) is 5.05. The molecule has 1 heterocycles. The molecule has 0 atom stereocenters. The van der Waals surface area contributed by atoms with E-state index >= 15 is 0 Å². The van der Waals surface area contributed by atoms with Gasteiger partial charge < -0.3 is 4.57 Å². The fraction of sp³-hybridized carbons (Fsp3) is 0.188. The number of aromatic nitrogens is 2. The molecule has 0 aliphatic rings. The molecule has 0 unspecified atom stereocenters. The van der Waals surface area contributed by atoms with Gasteiger partial charge in [0.1, 0.15) is 0 Å². The van der Waals surface area contributed by atoms with E-state index in [1.165, 1.54) is 16.3 Å². The fourth-order valence-corrected chi connectivity index (χ4v) is 2.38. The number of aryl methyl sites for hydroxylation is 2. The van der Waals surface area contributed by atoms with Crippen LogP contribution in [-0.4, -0.2) is 9.55 Å². The summed E-state index contributed by atoms with van der Waals surface area (Å²) in [6.45, 7) is 1.03. The topological polar surface area (TPSA) is 17.8 Å². The summed E-state index contributed by atoms with van der Waals surface area (Å²) in [6.07, 6.45) is 7.98. The van der Waals surface area contributed by atoms with Crippen molar-refractivity contribution >= 4 is 10.8 Å². The van der Waals surface area contributed by atoms with Gasteiger partial charge in [-0.3, -0.25) is 0 Å². The molecule has 3 aromatic rings. The quantitative estimate of drug-likeness (QED) is 0.676. The number of rotatable bonds is 4. The molecule has 0 amide bonds. The van der Waals surface area contributed by atoms with Crippen molar-refractivity contribution in [3.63, 3.8) is 0 Å². The van der Waals surface area contributed by atoms with Crippen molar-refractivity contribution in [3.8, 4) is 0 Å². The first-order valence-electron chi connectivity index (χ1n) is 6.36. The normalized spacial score (nSPS) is 10.9. The lowest BCUT2D eigenvalue weighted by molar-refractivity contribution is 0.643. The molecule has 0 fully saturated rings. The third-order valence-corrected chi connectivity index (χ3v) is 3.30. The molecule has 3 rings (SSSR count). The van der Waals surface area contributed by atoms with Gasteiger partial charge in [-0.25, -0.2) is 4.98 Å². The molecular formula is C16H16N2. The van der Waals surface area contributed by atoms with Crippen molar-refractivity contribution in [3.05, 3.63) is 66.7 Å². The number of hydrogen-bond acceptors (Lipinski definition) is 1. The van der Waals surface area contributed by atoms with Crippen LogP contribution in [0.25, 0.3) is 10.8 Å². The molecule has 18 heavy (non-hydrogen) atoms. The summed E-state index contributed by atoms with van der Waals surface area (Å²) in [5.74, 6) is 0. The summed E-state index contributed by atoms with van der Waals surface area (Å²) in [5, 5.41) is 2.71. The van der Waals surface area contributed by atoms with Crippen LogP contribution in [0.5, 0.6) is 0 Å². The molecule has 2 heteroatoms. The molecular weight excluding hydrogens is 220 g/mol. The lowest BCUT2D eigenvalue weighted by Crippen LogP contribution is -1.97. The molecule has 0 saturated heterocycles. The van der Waals surface area contributed by atoms with Gasteiger partial charge in [0.25, 0.3) is 0 Å². The van der Waals surface area contributed by atoms with E-state index in [4.69, 9.17) is 0 Å². The van der Waals surface area contributed by atoms with Crippen LogP contribution in [0.3, 0.4) is 0 Å². The van der Waals surface area contributed by atoms with E-state index in [9.17, 15) is 0 Å². The zero-order valence-corrected chi connectivity index (χ0v) is 10.3. The maximum atomic E-state index is 4.06. The number of hydrogen-bond donors (Lipinski definition) is 0. The highest BCUT2D eigenvalue weighted by molar-refractivity contribution is 5.85. The lowest BCUT2D eigenvalue weighted by atomic mass is 10.0. The van der Waals surface area contributed by atoms with Crippen molar-refractivity contribution < 1.29 is 0 Å². The van der Waals surface area contributed by atoms with Crippen LogP contribution < -0.4 is 0 Å². The minimum Gasteiger partial charge on any atom is -0.337 e. The smallest absolute Gasteiger partial charge is 0.0945 e. The third kappa shape index (κ3) is 2.28. The van der Waals surface area contributed by atoms with E-state index in [-0.39, 0.29) is 0 Å². The van der Waals surface area contributed by atoms with Crippen LogP contribution in [-0.2, 0) is 13.0 Å². The maximum Gasteiger partial charge on any atom is 0.0945 e. The van der Waals surface area contributed by atoms with Crippen LogP contribution in [0.15, 0.2) is 61.2 Å². The lowest BCUT2D eigenvalue weighted by Gasteiger charge is -2.06. The van der Waals surface area contributed by atoms with Gasteiger partial charge >= 0.3 is 0 Å². The fourth-order valence-electron chi connectivity index (χ4n) is 2.38. The van der Waals surface area contributed by atoms with Gasteiger partial charge in [-0.05, 0) is 29.2 Å². The second-order valence-corrected chi connectivity index (χ2v) is 4.54. The van der Waals surface area contributed by atoms with E-state index in [1.54, 1.807) is 0 Å². The molecule has 1 aromatic heterocycles. The molecule has 0 radical (unpaired) electrons. The van der Waals surface area contributed by atoms with Crippen molar-refractivity contribution in [2.45, 2.75) is 19.4 Å². The molecule has 0 bridgehead atoms. The number of imidazole rings is 1. The Balaban J connectivity index is 1.74. The highest BCUT2D eigenvalue weighted by atomic mass is 15.0. The first-order valence-corrected chi connectivity index (χ1v) is 6.36. The van der Waals surface area contributed by atoms with Crippen LogP contribution in [0.1, 0.15) is 12.0 Å². The molecule has 0 aliphatic carbocycles. The largest absolute Gasteiger partial charge is 0.337 e. The molecule has 0 N–H and O–H groups in total. The Morgan fingerprint density at radius 1 is 1.00 bits per heavy atom. The summed E-state index contributed by atoms with van der Waals surface area (Å²) in [6, 6.07) is 15.1. The van der Waals surface area contributed by atoms with E-state index in [1.807, 2.05) is 18.7 Å². The maximum absolute atomic E-state index is 4.06. The van der Waals surface area contributed by atoms with E-state index in [0.29, 0.717) is 0 Å². The summed E-state index contributed by atoms with van der Waals surface area (Å²) in [7, 11) is 0. The Morgan fingerprint density at radius 2 is 1.89 bits per heavy atom. The summed E-state index contributed by atoms with van der Waals surface area (Å²) >= 11 is 0. The van der Waals surface area contributed by atoms with Gasteiger partial charge in [0, 0.05) is 18.9 Å². The zero-order chi connectivity index (χ0) is 12.2. The number of benzene rings is 2. The highest BCUT2D eigenvalue weighted by Gasteiger charge is 2.00. The van der Waals surface area contributed by atoms with Gasteiger partial charge in [-0.15, -0.1) is 0 Å². The van der Waals surface area contributed by atoms with Crippen molar-refractivity contribution in [2.24, 2.45) is 0 Å². The zero-order valence-electron chi connectivity index (χ0n) is 10.3. The summed E-state index contributed by atoms with van der Waals surface area (Å²) < 4.78 is 2.13. The molecule has 0 spiro atoms. The van der Waals surface area contributed by atoms with E-state index in [0.717, 1.165) is 19.4 Å².